The van der Waals surface area contributed by atoms with Gasteiger partial charge in [-0.25, -0.2) is 9.48 Å². The highest BCUT2D eigenvalue weighted by atomic mass is 16.2. The lowest BCUT2D eigenvalue weighted by Gasteiger charge is -2.17. The van der Waals surface area contributed by atoms with Gasteiger partial charge in [0.25, 0.3) is 0 Å². The Kier molecular flexibility index (Phi) is 3.85. The first kappa shape index (κ1) is 13.5. The Bertz CT molecular complexity index is 606. The van der Waals surface area contributed by atoms with Crippen molar-refractivity contribution < 1.29 is 0 Å². The van der Waals surface area contributed by atoms with Gasteiger partial charge in [0.2, 0.25) is 0 Å². The smallest absolute Gasteiger partial charge is 0.311 e. The van der Waals surface area contributed by atoms with Gasteiger partial charge in [-0.3, -0.25) is 4.57 Å². The van der Waals surface area contributed by atoms with Crippen LogP contribution in [0.1, 0.15) is 22.7 Å². The number of aromatic nitrogens is 3. The molecule has 0 aliphatic heterocycles. The largest absolute Gasteiger partial charge is 0.345 e. The van der Waals surface area contributed by atoms with Gasteiger partial charge in [0, 0.05) is 7.05 Å². The van der Waals surface area contributed by atoms with Crippen LogP contribution < -0.4 is 11.0 Å². The number of likely N-dealkylation sites (N-methyl/N-ethyl adjacent to an activating group) is 1. The van der Waals surface area contributed by atoms with E-state index < -0.39 is 0 Å². The van der Waals surface area contributed by atoms with Crippen molar-refractivity contribution in [1.29, 1.82) is 0 Å². The van der Waals surface area contributed by atoms with Gasteiger partial charge in [-0.1, -0.05) is 29.3 Å². The van der Waals surface area contributed by atoms with Gasteiger partial charge in [0.1, 0.15) is 6.33 Å². The fourth-order valence-corrected chi connectivity index (χ4v) is 2.29. The van der Waals surface area contributed by atoms with Crippen molar-refractivity contribution >= 4 is 0 Å². The lowest BCUT2D eigenvalue weighted by molar-refractivity contribution is 0.455. The summed E-state index contributed by atoms with van der Waals surface area (Å²) >= 11 is 0. The van der Waals surface area contributed by atoms with E-state index in [0.29, 0.717) is 6.54 Å². The van der Waals surface area contributed by atoms with E-state index in [-0.39, 0.29) is 11.7 Å². The minimum atomic E-state index is -0.0929. The van der Waals surface area contributed by atoms with Crippen molar-refractivity contribution in [2.75, 3.05) is 7.05 Å². The van der Waals surface area contributed by atoms with Crippen molar-refractivity contribution in [2.24, 2.45) is 7.05 Å². The van der Waals surface area contributed by atoms with Gasteiger partial charge in [-0.05, 0) is 26.5 Å². The zero-order chi connectivity index (χ0) is 14.0. The minimum absolute atomic E-state index is 0.0752. The number of nitrogens with one attached hydrogen (secondary N) is 1. The fourth-order valence-electron chi connectivity index (χ4n) is 2.29. The molecule has 0 radical (unpaired) electrons. The summed E-state index contributed by atoms with van der Waals surface area (Å²) < 4.78 is 2.97. The van der Waals surface area contributed by atoms with Crippen LogP contribution in [0.5, 0.6) is 0 Å². The van der Waals surface area contributed by atoms with Crippen molar-refractivity contribution in [3.8, 4) is 0 Å². The molecule has 0 saturated heterocycles. The lowest BCUT2D eigenvalue weighted by atomic mass is 10.0. The first-order valence-electron chi connectivity index (χ1n) is 6.35. The fraction of sp³-hybridized carbons (Fsp3) is 0.429. The zero-order valence-electron chi connectivity index (χ0n) is 11.8. The van der Waals surface area contributed by atoms with E-state index in [9.17, 15) is 4.79 Å². The Balaban J connectivity index is 2.30. The molecule has 1 unspecified atom stereocenters. The molecule has 5 heteroatoms. The summed E-state index contributed by atoms with van der Waals surface area (Å²) in [4.78, 5) is 11.8. The Morgan fingerprint density at radius 3 is 2.37 bits per heavy atom. The molecule has 19 heavy (non-hydrogen) atoms. The second kappa shape index (κ2) is 5.40. The molecule has 1 heterocycles. The van der Waals surface area contributed by atoms with E-state index in [4.69, 9.17) is 0 Å². The average molecular weight is 260 g/mol. The maximum atomic E-state index is 11.8. The van der Waals surface area contributed by atoms with E-state index >= 15 is 0 Å². The van der Waals surface area contributed by atoms with Crippen LogP contribution in [0.15, 0.2) is 29.3 Å². The molecule has 1 aromatic heterocycles. The molecule has 0 saturated carbocycles. The zero-order valence-corrected chi connectivity index (χ0v) is 11.8. The summed E-state index contributed by atoms with van der Waals surface area (Å²) in [5.74, 6) is 0. The van der Waals surface area contributed by atoms with Gasteiger partial charge in [0.15, 0.2) is 0 Å². The molecule has 5 nitrogen and oxygen atoms in total. The molecule has 0 amide bonds. The molecule has 2 aromatic rings. The third kappa shape index (κ3) is 2.93. The second-order valence-electron chi connectivity index (χ2n) is 4.97. The maximum absolute atomic E-state index is 11.8. The molecule has 0 spiro atoms. The highest BCUT2D eigenvalue weighted by molar-refractivity contribution is 5.30. The van der Waals surface area contributed by atoms with Crippen molar-refractivity contribution in [2.45, 2.75) is 26.4 Å². The third-order valence-electron chi connectivity index (χ3n) is 3.24. The molecule has 102 valence electrons. The van der Waals surface area contributed by atoms with Crippen LogP contribution in [-0.2, 0) is 13.6 Å². The average Bonchev–Trinajstić information content (AvgIpc) is 2.66. The predicted octanol–water partition coefficient (Wildman–Crippen LogP) is 1.16. The Hall–Kier alpha value is -1.88. The molecular weight excluding hydrogens is 240 g/mol. The molecular formula is C14H20N4O. The molecule has 0 aliphatic rings. The van der Waals surface area contributed by atoms with Crippen molar-refractivity contribution in [1.82, 2.24) is 19.7 Å². The van der Waals surface area contributed by atoms with Gasteiger partial charge in [0.05, 0.1) is 12.6 Å². The summed E-state index contributed by atoms with van der Waals surface area (Å²) in [5.41, 5.74) is 3.54. The molecule has 0 bridgehead atoms. The Morgan fingerprint density at radius 2 is 1.89 bits per heavy atom. The van der Waals surface area contributed by atoms with Crippen LogP contribution in [0, 0.1) is 13.8 Å². The van der Waals surface area contributed by atoms with Gasteiger partial charge in [-0.15, -0.1) is 0 Å². The quantitative estimate of drug-likeness (QED) is 0.897. The van der Waals surface area contributed by atoms with Crippen LogP contribution in [-0.4, -0.2) is 21.4 Å². The van der Waals surface area contributed by atoms with Crippen LogP contribution in [0.2, 0.25) is 0 Å². The summed E-state index contributed by atoms with van der Waals surface area (Å²) in [6.07, 6.45) is 1.54. The Labute approximate surface area is 112 Å². The highest BCUT2D eigenvalue weighted by Gasteiger charge is 2.13. The third-order valence-corrected chi connectivity index (χ3v) is 3.24. The minimum Gasteiger partial charge on any atom is -0.311 e. The number of aryl methyl sites for hydroxylation is 3. The summed E-state index contributed by atoms with van der Waals surface area (Å²) in [5, 5.41) is 7.35. The van der Waals surface area contributed by atoms with E-state index in [1.54, 1.807) is 7.05 Å². The van der Waals surface area contributed by atoms with Crippen LogP contribution in [0.4, 0.5) is 0 Å². The monoisotopic (exact) mass is 260 g/mol. The van der Waals surface area contributed by atoms with E-state index in [1.807, 2.05) is 7.05 Å². The molecule has 0 fully saturated rings. The molecule has 0 aliphatic carbocycles. The van der Waals surface area contributed by atoms with E-state index in [2.05, 4.69) is 42.5 Å². The second-order valence-corrected chi connectivity index (χ2v) is 4.97. The summed E-state index contributed by atoms with van der Waals surface area (Å²) in [7, 11) is 3.60. The molecule has 1 aromatic carbocycles. The summed E-state index contributed by atoms with van der Waals surface area (Å²) in [6, 6.07) is 6.50. The predicted molar refractivity (Wildman–Crippen MR) is 75.2 cm³/mol. The Morgan fingerprint density at radius 1 is 1.26 bits per heavy atom. The number of rotatable bonds is 4. The van der Waals surface area contributed by atoms with Crippen molar-refractivity contribution in [3.63, 3.8) is 0 Å². The standard InChI is InChI=1S/C14H20N4O/c1-10-5-11(2)7-12(6-10)13(15-3)8-18-14(19)17(4)9-16-18/h5-7,9,13,15H,8H2,1-4H3. The number of benzene rings is 1. The first-order chi connectivity index (χ1) is 9.01. The number of nitrogens with zero attached hydrogens (tertiary/aromatic N) is 3. The summed E-state index contributed by atoms with van der Waals surface area (Å²) in [6.45, 7) is 4.69. The van der Waals surface area contributed by atoms with Crippen LogP contribution >= 0.6 is 0 Å². The topological polar surface area (TPSA) is 51.9 Å². The van der Waals surface area contributed by atoms with Gasteiger partial charge < -0.3 is 5.32 Å². The van der Waals surface area contributed by atoms with Crippen LogP contribution in [0.25, 0.3) is 0 Å². The molecule has 2 rings (SSSR count). The van der Waals surface area contributed by atoms with E-state index in [0.717, 1.165) is 0 Å². The normalized spacial score (nSPS) is 12.6. The lowest BCUT2D eigenvalue weighted by Crippen LogP contribution is -2.30. The maximum Gasteiger partial charge on any atom is 0.345 e. The van der Waals surface area contributed by atoms with Crippen molar-refractivity contribution in [3.05, 3.63) is 51.7 Å². The molecule has 1 atom stereocenters. The highest BCUT2D eigenvalue weighted by Crippen LogP contribution is 2.17. The van der Waals surface area contributed by atoms with Crippen LogP contribution in [0.3, 0.4) is 0 Å². The number of hydrogen-bond acceptors (Lipinski definition) is 3. The number of hydrogen-bond donors (Lipinski definition) is 1. The van der Waals surface area contributed by atoms with Gasteiger partial charge in [-0.2, -0.15) is 5.10 Å². The van der Waals surface area contributed by atoms with E-state index in [1.165, 1.54) is 32.3 Å². The SMILES string of the molecule is CNC(Cn1ncn(C)c1=O)c1cc(C)cc(C)c1. The first-order valence-corrected chi connectivity index (χ1v) is 6.35. The van der Waals surface area contributed by atoms with Gasteiger partial charge >= 0.3 is 5.69 Å². The molecule has 1 N–H and O–H groups in total.